The molecule has 1 saturated heterocycles. The van der Waals surface area contributed by atoms with Gasteiger partial charge in [0.05, 0.1) is 19.8 Å². The van der Waals surface area contributed by atoms with E-state index < -0.39 is 0 Å². The van der Waals surface area contributed by atoms with Crippen molar-refractivity contribution in [2.24, 2.45) is 0 Å². The Hall–Kier alpha value is -2.36. The normalized spacial score (nSPS) is 15.1. The molecule has 1 aromatic carbocycles. The molecule has 122 valence electrons. The first-order valence-corrected chi connectivity index (χ1v) is 7.62. The van der Waals surface area contributed by atoms with Gasteiger partial charge in [0.25, 0.3) is 5.91 Å². The van der Waals surface area contributed by atoms with Crippen LogP contribution in [0.1, 0.15) is 5.56 Å². The number of rotatable bonds is 6. The lowest BCUT2D eigenvalue weighted by atomic mass is 10.2. The predicted octanol–water partition coefficient (Wildman–Crippen LogP) is 0.747. The molecular weight excluding hydrogens is 294 g/mol. The molecule has 23 heavy (non-hydrogen) atoms. The maximum absolute atomic E-state index is 12.4. The van der Waals surface area contributed by atoms with Crippen molar-refractivity contribution in [2.75, 3.05) is 39.5 Å². The Labute approximate surface area is 136 Å². The summed E-state index contributed by atoms with van der Waals surface area (Å²) in [6.07, 6.45) is 1.54. The fourth-order valence-electron chi connectivity index (χ4n) is 2.39. The van der Waals surface area contributed by atoms with Gasteiger partial charge in [0.15, 0.2) is 0 Å². The van der Waals surface area contributed by atoms with Gasteiger partial charge in [-0.1, -0.05) is 30.3 Å². The number of amides is 1. The van der Waals surface area contributed by atoms with E-state index in [0.29, 0.717) is 39.4 Å². The molecule has 1 N–H and O–H groups in total. The molecule has 0 aliphatic carbocycles. The molecule has 0 unspecified atom stereocenters. The van der Waals surface area contributed by atoms with Gasteiger partial charge in [-0.05, 0) is 5.56 Å². The van der Waals surface area contributed by atoms with E-state index in [0.717, 1.165) is 5.56 Å². The lowest BCUT2D eigenvalue weighted by Crippen LogP contribution is -2.41. The van der Waals surface area contributed by atoms with E-state index in [1.807, 2.05) is 36.4 Å². The maximum atomic E-state index is 12.4. The second-order valence-electron chi connectivity index (χ2n) is 5.24. The van der Waals surface area contributed by atoms with Crippen molar-refractivity contribution in [1.29, 1.82) is 5.26 Å². The lowest BCUT2D eigenvalue weighted by Gasteiger charge is -2.27. The second-order valence-corrected chi connectivity index (χ2v) is 5.24. The Balaban J connectivity index is 2.11. The van der Waals surface area contributed by atoms with Gasteiger partial charge in [0, 0.05) is 32.4 Å². The summed E-state index contributed by atoms with van der Waals surface area (Å²) in [5.74, 6) is -0.285. The van der Waals surface area contributed by atoms with Crippen LogP contribution in [0.3, 0.4) is 0 Å². The molecule has 1 aliphatic rings. The minimum atomic E-state index is -0.285. The van der Waals surface area contributed by atoms with E-state index in [-0.39, 0.29) is 18.1 Å². The fourth-order valence-corrected chi connectivity index (χ4v) is 2.39. The molecule has 1 amide bonds. The van der Waals surface area contributed by atoms with Gasteiger partial charge in [-0.15, -0.1) is 0 Å². The Bertz CT molecular complexity index is 574. The number of benzene rings is 1. The van der Waals surface area contributed by atoms with E-state index in [1.54, 1.807) is 16.0 Å². The van der Waals surface area contributed by atoms with Crippen molar-refractivity contribution in [2.45, 2.75) is 6.54 Å². The number of ether oxygens (including phenoxy) is 1. The highest BCUT2D eigenvalue weighted by molar-refractivity contribution is 5.97. The minimum Gasteiger partial charge on any atom is -0.395 e. The summed E-state index contributed by atoms with van der Waals surface area (Å²) >= 11 is 0. The van der Waals surface area contributed by atoms with Crippen LogP contribution in [0.25, 0.3) is 0 Å². The average Bonchev–Trinajstić information content (AvgIpc) is 2.61. The topological polar surface area (TPSA) is 76.8 Å². The van der Waals surface area contributed by atoms with Crippen LogP contribution >= 0.6 is 0 Å². The fraction of sp³-hybridized carbons (Fsp3) is 0.412. The molecule has 6 heteroatoms. The first-order valence-electron chi connectivity index (χ1n) is 7.62. The Morgan fingerprint density at radius 1 is 1.35 bits per heavy atom. The van der Waals surface area contributed by atoms with Gasteiger partial charge in [-0.3, -0.25) is 4.79 Å². The molecule has 0 spiro atoms. The smallest absolute Gasteiger partial charge is 0.266 e. The van der Waals surface area contributed by atoms with Gasteiger partial charge in [-0.2, -0.15) is 5.26 Å². The highest BCUT2D eigenvalue weighted by Crippen LogP contribution is 2.10. The van der Waals surface area contributed by atoms with Crippen molar-refractivity contribution in [3.05, 3.63) is 47.7 Å². The van der Waals surface area contributed by atoms with Crippen LogP contribution in [-0.2, 0) is 16.1 Å². The molecule has 1 aliphatic heterocycles. The molecule has 1 aromatic rings. The van der Waals surface area contributed by atoms with Gasteiger partial charge >= 0.3 is 0 Å². The largest absolute Gasteiger partial charge is 0.395 e. The van der Waals surface area contributed by atoms with Crippen LogP contribution < -0.4 is 0 Å². The Kier molecular flexibility index (Phi) is 6.60. The second kappa shape index (κ2) is 8.93. The van der Waals surface area contributed by atoms with Crippen molar-refractivity contribution in [3.63, 3.8) is 0 Å². The molecule has 0 bridgehead atoms. The summed E-state index contributed by atoms with van der Waals surface area (Å²) in [5.41, 5.74) is 1.13. The van der Waals surface area contributed by atoms with Gasteiger partial charge in [-0.25, -0.2) is 0 Å². The molecule has 6 nitrogen and oxygen atoms in total. The first-order chi connectivity index (χ1) is 11.2. The van der Waals surface area contributed by atoms with E-state index in [1.165, 1.54) is 0 Å². The van der Waals surface area contributed by atoms with Crippen molar-refractivity contribution >= 4 is 5.91 Å². The predicted molar refractivity (Wildman–Crippen MR) is 85.0 cm³/mol. The molecule has 0 saturated carbocycles. The SMILES string of the molecule is N#C/C(=C/N(CCO)Cc1ccccc1)C(=O)N1CCOCC1. The number of carbonyl (C=O) groups is 1. The van der Waals surface area contributed by atoms with E-state index in [2.05, 4.69) is 0 Å². The molecule has 0 radical (unpaired) electrons. The van der Waals surface area contributed by atoms with Gasteiger partial charge in [0.1, 0.15) is 11.6 Å². The zero-order chi connectivity index (χ0) is 16.5. The molecule has 0 aromatic heterocycles. The van der Waals surface area contributed by atoms with Crippen molar-refractivity contribution in [3.8, 4) is 6.07 Å². The highest BCUT2D eigenvalue weighted by Gasteiger charge is 2.21. The number of aliphatic hydroxyl groups is 1. The van der Waals surface area contributed by atoms with Crippen LogP contribution in [0, 0.1) is 11.3 Å². The number of aliphatic hydroxyl groups excluding tert-OH is 1. The summed E-state index contributed by atoms with van der Waals surface area (Å²) in [6, 6.07) is 11.7. The zero-order valence-corrected chi connectivity index (χ0v) is 13.0. The summed E-state index contributed by atoms with van der Waals surface area (Å²) in [5, 5.41) is 18.5. The molecule has 1 fully saturated rings. The lowest BCUT2D eigenvalue weighted by molar-refractivity contribution is -0.130. The standard InChI is InChI=1S/C17H21N3O3/c18-12-16(17(22)20-7-10-23-11-8-20)14-19(6-9-21)13-15-4-2-1-3-5-15/h1-5,14,21H,6-11,13H2/b16-14-. The summed E-state index contributed by atoms with van der Waals surface area (Å²) in [7, 11) is 0. The molecule has 1 heterocycles. The average molecular weight is 315 g/mol. The third-order valence-corrected chi connectivity index (χ3v) is 3.58. The number of carbonyl (C=O) groups excluding carboxylic acids is 1. The zero-order valence-electron chi connectivity index (χ0n) is 13.0. The van der Waals surface area contributed by atoms with Crippen LogP contribution in [0.4, 0.5) is 0 Å². The molecular formula is C17H21N3O3. The Morgan fingerprint density at radius 2 is 2.04 bits per heavy atom. The third-order valence-electron chi connectivity index (χ3n) is 3.58. The minimum absolute atomic E-state index is 0.0478. The summed E-state index contributed by atoms with van der Waals surface area (Å²) < 4.78 is 5.22. The van der Waals surface area contributed by atoms with Crippen LogP contribution in [-0.4, -0.2) is 60.3 Å². The molecule has 0 atom stereocenters. The summed E-state index contributed by atoms with van der Waals surface area (Å²) in [6.45, 7) is 2.82. The van der Waals surface area contributed by atoms with Crippen LogP contribution in [0.5, 0.6) is 0 Å². The highest BCUT2D eigenvalue weighted by atomic mass is 16.5. The number of morpholine rings is 1. The van der Waals surface area contributed by atoms with E-state index in [9.17, 15) is 15.2 Å². The van der Waals surface area contributed by atoms with Crippen LogP contribution in [0.2, 0.25) is 0 Å². The van der Waals surface area contributed by atoms with Crippen LogP contribution in [0.15, 0.2) is 42.1 Å². The molecule has 2 rings (SSSR count). The van der Waals surface area contributed by atoms with Crippen molar-refractivity contribution in [1.82, 2.24) is 9.80 Å². The first kappa shape index (κ1) is 17.0. The van der Waals surface area contributed by atoms with E-state index in [4.69, 9.17) is 4.74 Å². The van der Waals surface area contributed by atoms with Gasteiger partial charge in [0.2, 0.25) is 0 Å². The number of hydrogen-bond acceptors (Lipinski definition) is 5. The monoisotopic (exact) mass is 315 g/mol. The Morgan fingerprint density at radius 3 is 2.65 bits per heavy atom. The number of hydrogen-bond donors (Lipinski definition) is 1. The maximum Gasteiger partial charge on any atom is 0.266 e. The number of nitriles is 1. The van der Waals surface area contributed by atoms with Gasteiger partial charge < -0.3 is 19.6 Å². The van der Waals surface area contributed by atoms with Crippen molar-refractivity contribution < 1.29 is 14.6 Å². The number of nitrogens with zero attached hydrogens (tertiary/aromatic N) is 3. The van der Waals surface area contributed by atoms with E-state index >= 15 is 0 Å². The quantitative estimate of drug-likeness (QED) is 0.619. The summed E-state index contributed by atoms with van der Waals surface area (Å²) in [4.78, 5) is 15.8. The third kappa shape index (κ3) is 5.09.